The van der Waals surface area contributed by atoms with Gasteiger partial charge < -0.3 is 16.4 Å². The number of hydrogen-bond acceptors (Lipinski definition) is 4. The SMILES string of the molecule is CC(=O)NC1CCN(CC(=O)Nc2ccc(CN)cc2)C1. The summed E-state index contributed by atoms with van der Waals surface area (Å²) >= 11 is 0. The fourth-order valence-electron chi connectivity index (χ4n) is 2.51. The first-order valence-corrected chi connectivity index (χ1v) is 7.15. The average Bonchev–Trinajstić information content (AvgIpc) is 2.85. The zero-order valence-corrected chi connectivity index (χ0v) is 12.3. The highest BCUT2D eigenvalue weighted by Gasteiger charge is 2.24. The molecule has 1 fully saturated rings. The van der Waals surface area contributed by atoms with E-state index in [4.69, 9.17) is 5.73 Å². The van der Waals surface area contributed by atoms with Crippen molar-refractivity contribution in [1.29, 1.82) is 0 Å². The Morgan fingerprint density at radius 1 is 1.33 bits per heavy atom. The number of nitrogens with zero attached hydrogens (tertiary/aromatic N) is 1. The molecule has 21 heavy (non-hydrogen) atoms. The van der Waals surface area contributed by atoms with Crippen LogP contribution < -0.4 is 16.4 Å². The molecular formula is C15H22N4O2. The number of amides is 2. The first-order chi connectivity index (χ1) is 10.1. The van der Waals surface area contributed by atoms with Crippen molar-refractivity contribution in [3.05, 3.63) is 29.8 Å². The number of benzene rings is 1. The van der Waals surface area contributed by atoms with Gasteiger partial charge in [-0.2, -0.15) is 0 Å². The van der Waals surface area contributed by atoms with Crippen LogP contribution >= 0.6 is 0 Å². The molecule has 1 unspecified atom stereocenters. The number of likely N-dealkylation sites (tertiary alicyclic amines) is 1. The normalized spacial score (nSPS) is 18.5. The summed E-state index contributed by atoms with van der Waals surface area (Å²) in [6.07, 6.45) is 0.887. The number of carbonyl (C=O) groups is 2. The average molecular weight is 290 g/mol. The molecule has 2 rings (SSSR count). The second-order valence-corrected chi connectivity index (χ2v) is 5.37. The van der Waals surface area contributed by atoms with Crippen LogP contribution in [0.25, 0.3) is 0 Å². The molecule has 0 spiro atoms. The van der Waals surface area contributed by atoms with Crippen molar-refractivity contribution >= 4 is 17.5 Å². The Balaban J connectivity index is 1.78. The molecule has 1 atom stereocenters. The summed E-state index contributed by atoms with van der Waals surface area (Å²) in [5.74, 6) is -0.0646. The molecule has 6 heteroatoms. The molecule has 1 heterocycles. The summed E-state index contributed by atoms with van der Waals surface area (Å²) in [5, 5.41) is 5.75. The van der Waals surface area contributed by atoms with E-state index in [9.17, 15) is 9.59 Å². The van der Waals surface area contributed by atoms with Gasteiger partial charge >= 0.3 is 0 Å². The van der Waals surface area contributed by atoms with Gasteiger partial charge in [-0.3, -0.25) is 14.5 Å². The van der Waals surface area contributed by atoms with E-state index in [1.807, 2.05) is 29.2 Å². The molecule has 0 radical (unpaired) electrons. The van der Waals surface area contributed by atoms with Gasteiger partial charge in [-0.05, 0) is 24.1 Å². The predicted octanol–water partition coefficient (Wildman–Crippen LogP) is 0.294. The maximum Gasteiger partial charge on any atom is 0.238 e. The molecular weight excluding hydrogens is 268 g/mol. The lowest BCUT2D eigenvalue weighted by atomic mass is 10.2. The van der Waals surface area contributed by atoms with Gasteiger partial charge in [0.05, 0.1) is 6.54 Å². The standard InChI is InChI=1S/C15H22N4O2/c1-11(20)17-14-6-7-19(9-14)10-15(21)18-13-4-2-12(8-16)3-5-13/h2-5,14H,6-10,16H2,1H3,(H,17,20)(H,18,21). The Labute approximate surface area is 124 Å². The van der Waals surface area contributed by atoms with Crippen molar-refractivity contribution in [2.75, 3.05) is 25.0 Å². The van der Waals surface area contributed by atoms with Crippen LogP contribution in [0, 0.1) is 0 Å². The number of anilines is 1. The van der Waals surface area contributed by atoms with Gasteiger partial charge in [-0.15, -0.1) is 0 Å². The number of rotatable bonds is 5. The van der Waals surface area contributed by atoms with Gasteiger partial charge in [0.2, 0.25) is 11.8 Å². The molecule has 0 aromatic heterocycles. The van der Waals surface area contributed by atoms with E-state index in [-0.39, 0.29) is 17.9 Å². The van der Waals surface area contributed by atoms with Crippen LogP contribution in [0.15, 0.2) is 24.3 Å². The Kier molecular flexibility index (Phi) is 5.30. The quantitative estimate of drug-likeness (QED) is 0.727. The molecule has 1 aromatic rings. The Morgan fingerprint density at radius 2 is 2.05 bits per heavy atom. The third kappa shape index (κ3) is 4.84. The monoisotopic (exact) mass is 290 g/mol. The van der Waals surface area contributed by atoms with E-state index in [0.29, 0.717) is 13.1 Å². The van der Waals surface area contributed by atoms with Gasteiger partial charge in [0.25, 0.3) is 0 Å². The van der Waals surface area contributed by atoms with Crippen LogP contribution in [-0.2, 0) is 16.1 Å². The molecule has 1 aliphatic rings. The lowest BCUT2D eigenvalue weighted by Crippen LogP contribution is -2.37. The maximum absolute atomic E-state index is 12.0. The van der Waals surface area contributed by atoms with E-state index >= 15 is 0 Å². The highest BCUT2D eigenvalue weighted by Crippen LogP contribution is 2.11. The van der Waals surface area contributed by atoms with E-state index in [1.54, 1.807) is 0 Å². The Hall–Kier alpha value is -1.92. The highest BCUT2D eigenvalue weighted by molar-refractivity contribution is 5.92. The van der Waals surface area contributed by atoms with E-state index < -0.39 is 0 Å². The molecule has 2 amide bonds. The number of carbonyl (C=O) groups excluding carboxylic acids is 2. The molecule has 1 saturated heterocycles. The van der Waals surface area contributed by atoms with Crippen LogP contribution in [0.3, 0.4) is 0 Å². The molecule has 1 aromatic carbocycles. The topological polar surface area (TPSA) is 87.5 Å². The fourth-order valence-corrected chi connectivity index (χ4v) is 2.51. The number of nitrogens with one attached hydrogen (secondary N) is 2. The summed E-state index contributed by atoms with van der Waals surface area (Å²) in [7, 11) is 0. The smallest absolute Gasteiger partial charge is 0.238 e. The third-order valence-electron chi connectivity index (χ3n) is 3.52. The first kappa shape index (κ1) is 15.5. The zero-order chi connectivity index (χ0) is 15.2. The summed E-state index contributed by atoms with van der Waals surface area (Å²) < 4.78 is 0. The fraction of sp³-hybridized carbons (Fsp3) is 0.467. The van der Waals surface area contributed by atoms with Gasteiger partial charge in [-0.25, -0.2) is 0 Å². The maximum atomic E-state index is 12.0. The van der Waals surface area contributed by atoms with Crippen LogP contribution in [0.4, 0.5) is 5.69 Å². The number of nitrogens with two attached hydrogens (primary N) is 1. The molecule has 114 valence electrons. The second kappa shape index (κ2) is 7.19. The lowest BCUT2D eigenvalue weighted by molar-refractivity contribution is -0.119. The Bertz CT molecular complexity index is 501. The van der Waals surface area contributed by atoms with Crippen LogP contribution in [0.1, 0.15) is 18.9 Å². The minimum Gasteiger partial charge on any atom is -0.352 e. The van der Waals surface area contributed by atoms with E-state index in [2.05, 4.69) is 10.6 Å². The highest BCUT2D eigenvalue weighted by atomic mass is 16.2. The molecule has 0 bridgehead atoms. The van der Waals surface area contributed by atoms with Crippen molar-refractivity contribution in [2.45, 2.75) is 25.9 Å². The minimum atomic E-state index is -0.0426. The third-order valence-corrected chi connectivity index (χ3v) is 3.52. The summed E-state index contributed by atoms with van der Waals surface area (Å²) in [5.41, 5.74) is 7.34. The second-order valence-electron chi connectivity index (χ2n) is 5.37. The Morgan fingerprint density at radius 3 is 2.67 bits per heavy atom. The first-order valence-electron chi connectivity index (χ1n) is 7.15. The molecule has 1 aliphatic heterocycles. The van der Waals surface area contributed by atoms with Crippen LogP contribution in [0.2, 0.25) is 0 Å². The van der Waals surface area contributed by atoms with Crippen molar-refractivity contribution in [3.8, 4) is 0 Å². The lowest BCUT2D eigenvalue weighted by Gasteiger charge is -2.16. The largest absolute Gasteiger partial charge is 0.352 e. The van der Waals surface area contributed by atoms with Crippen LogP contribution in [-0.4, -0.2) is 42.4 Å². The molecule has 0 aliphatic carbocycles. The molecule has 0 saturated carbocycles. The summed E-state index contributed by atoms with van der Waals surface area (Å²) in [6, 6.07) is 7.66. The molecule has 6 nitrogen and oxygen atoms in total. The predicted molar refractivity (Wildman–Crippen MR) is 81.6 cm³/mol. The van der Waals surface area contributed by atoms with Crippen molar-refractivity contribution in [1.82, 2.24) is 10.2 Å². The van der Waals surface area contributed by atoms with Crippen LogP contribution in [0.5, 0.6) is 0 Å². The van der Waals surface area contributed by atoms with Crippen molar-refractivity contribution in [2.24, 2.45) is 5.73 Å². The van der Waals surface area contributed by atoms with Crippen molar-refractivity contribution in [3.63, 3.8) is 0 Å². The zero-order valence-electron chi connectivity index (χ0n) is 12.3. The van der Waals surface area contributed by atoms with Gasteiger partial charge in [0.1, 0.15) is 0 Å². The van der Waals surface area contributed by atoms with Crippen molar-refractivity contribution < 1.29 is 9.59 Å². The van der Waals surface area contributed by atoms with Gasteiger partial charge in [-0.1, -0.05) is 12.1 Å². The van der Waals surface area contributed by atoms with Gasteiger partial charge in [0.15, 0.2) is 0 Å². The van der Waals surface area contributed by atoms with E-state index in [1.165, 1.54) is 6.92 Å². The summed E-state index contributed by atoms with van der Waals surface area (Å²) in [4.78, 5) is 25.0. The van der Waals surface area contributed by atoms with Gasteiger partial charge in [0, 0.05) is 38.3 Å². The summed E-state index contributed by atoms with van der Waals surface area (Å²) in [6.45, 7) is 3.89. The molecule has 4 N–H and O–H groups in total. The van der Waals surface area contributed by atoms with E-state index in [0.717, 1.165) is 30.8 Å². The number of hydrogen-bond donors (Lipinski definition) is 3. The minimum absolute atomic E-state index is 0.0219.